The third-order valence-corrected chi connectivity index (χ3v) is 4.63. The van der Waals surface area contributed by atoms with Gasteiger partial charge in [0.05, 0.1) is 19.3 Å². The summed E-state index contributed by atoms with van der Waals surface area (Å²) >= 11 is 0. The molecule has 2 N–H and O–H groups in total. The Morgan fingerprint density at radius 3 is 2.33 bits per heavy atom. The Labute approximate surface area is 146 Å². The number of halogens is 1. The van der Waals surface area contributed by atoms with Gasteiger partial charge in [-0.25, -0.2) is 0 Å². The van der Waals surface area contributed by atoms with E-state index in [0.29, 0.717) is 18.6 Å². The van der Waals surface area contributed by atoms with Gasteiger partial charge in [0.25, 0.3) is 0 Å². The normalized spacial score (nSPS) is 22.7. The Morgan fingerprint density at radius 1 is 1.10 bits per heavy atom. The van der Waals surface area contributed by atoms with Crippen molar-refractivity contribution in [2.45, 2.75) is 64.4 Å². The van der Waals surface area contributed by atoms with Crippen LogP contribution in [0.4, 0.5) is 0 Å². The fourth-order valence-corrected chi connectivity index (χ4v) is 3.13. The molecule has 1 aliphatic carbocycles. The highest BCUT2D eigenvalue weighted by atomic mass is 127. The van der Waals surface area contributed by atoms with Gasteiger partial charge in [-0.3, -0.25) is 4.99 Å². The van der Waals surface area contributed by atoms with Gasteiger partial charge in [-0.15, -0.1) is 24.0 Å². The van der Waals surface area contributed by atoms with Crippen molar-refractivity contribution in [2.24, 2.45) is 16.6 Å². The van der Waals surface area contributed by atoms with Gasteiger partial charge in [-0.2, -0.15) is 0 Å². The topological polar surface area (TPSA) is 50.8 Å². The van der Waals surface area contributed by atoms with E-state index in [1.807, 2.05) is 0 Å². The predicted octanol–water partition coefficient (Wildman–Crippen LogP) is 3.39. The molecule has 1 saturated carbocycles. The lowest BCUT2D eigenvalue weighted by Gasteiger charge is -2.31. The van der Waals surface area contributed by atoms with Gasteiger partial charge in [0.1, 0.15) is 0 Å². The van der Waals surface area contributed by atoms with E-state index in [0.717, 1.165) is 25.6 Å². The number of nitrogens with two attached hydrogens (primary N) is 1. The molecule has 0 amide bonds. The van der Waals surface area contributed by atoms with Crippen LogP contribution in [0.5, 0.6) is 0 Å². The summed E-state index contributed by atoms with van der Waals surface area (Å²) in [6.07, 6.45) is 10.8. The smallest absolute Gasteiger partial charge is 0.191 e. The van der Waals surface area contributed by atoms with Crippen molar-refractivity contribution in [3.8, 4) is 0 Å². The minimum atomic E-state index is 0. The van der Waals surface area contributed by atoms with Gasteiger partial charge in [-0.05, 0) is 31.6 Å². The molecule has 0 radical (unpaired) electrons. The molecule has 0 bridgehead atoms. The zero-order valence-electron chi connectivity index (χ0n) is 13.4. The van der Waals surface area contributed by atoms with E-state index < -0.39 is 0 Å². The van der Waals surface area contributed by atoms with Crippen LogP contribution in [0.15, 0.2) is 4.99 Å². The van der Waals surface area contributed by atoms with Crippen molar-refractivity contribution >= 4 is 29.9 Å². The number of aliphatic imine (C=N–C) groups is 1. The van der Waals surface area contributed by atoms with Crippen LogP contribution in [0.3, 0.4) is 0 Å². The van der Waals surface area contributed by atoms with Crippen molar-refractivity contribution in [3.63, 3.8) is 0 Å². The quantitative estimate of drug-likeness (QED) is 0.255. The Bertz CT molecular complexity index is 296. The zero-order chi connectivity index (χ0) is 14.2. The summed E-state index contributed by atoms with van der Waals surface area (Å²) in [5, 5.41) is 0. The van der Waals surface area contributed by atoms with Crippen molar-refractivity contribution < 1.29 is 4.74 Å². The average Bonchev–Trinajstić information content (AvgIpc) is 2.73. The molecule has 0 aromatic rings. The van der Waals surface area contributed by atoms with Crippen LogP contribution >= 0.6 is 24.0 Å². The number of piperidine rings is 1. The molecule has 1 saturated heterocycles. The van der Waals surface area contributed by atoms with Gasteiger partial charge in [0, 0.05) is 13.1 Å². The minimum absolute atomic E-state index is 0. The van der Waals surface area contributed by atoms with E-state index in [1.54, 1.807) is 0 Å². The molecule has 2 fully saturated rings. The highest BCUT2D eigenvalue weighted by molar-refractivity contribution is 14.0. The first kappa shape index (κ1) is 19.0. The molecule has 2 aliphatic rings. The minimum Gasteiger partial charge on any atom is -0.376 e. The molecule has 1 heterocycles. The lowest BCUT2D eigenvalue weighted by Crippen LogP contribution is -2.42. The number of hydrogen-bond donors (Lipinski definition) is 1. The van der Waals surface area contributed by atoms with Crippen LogP contribution in [0.25, 0.3) is 0 Å². The molecule has 1 aliphatic heterocycles. The lowest BCUT2D eigenvalue weighted by atomic mass is 10.00. The van der Waals surface area contributed by atoms with Crippen molar-refractivity contribution in [3.05, 3.63) is 0 Å². The van der Waals surface area contributed by atoms with Crippen LogP contribution in [0.1, 0.15) is 58.3 Å². The molecule has 0 aromatic heterocycles. The number of rotatable bonds is 4. The summed E-state index contributed by atoms with van der Waals surface area (Å²) in [6, 6.07) is 0. The van der Waals surface area contributed by atoms with Crippen LogP contribution in [-0.4, -0.2) is 43.2 Å². The molecule has 0 spiro atoms. The summed E-state index contributed by atoms with van der Waals surface area (Å²) in [7, 11) is 0. The molecule has 4 nitrogen and oxygen atoms in total. The first-order chi connectivity index (χ1) is 9.75. The lowest BCUT2D eigenvalue weighted by molar-refractivity contribution is 0.0486. The van der Waals surface area contributed by atoms with E-state index in [1.165, 1.54) is 51.4 Å². The summed E-state index contributed by atoms with van der Waals surface area (Å²) in [6.45, 7) is 5.84. The van der Waals surface area contributed by atoms with Crippen LogP contribution in [0.2, 0.25) is 0 Å². The fourth-order valence-electron chi connectivity index (χ4n) is 3.13. The number of nitrogens with zero attached hydrogens (tertiary/aromatic N) is 2. The maximum Gasteiger partial charge on any atom is 0.191 e. The molecule has 5 heteroatoms. The molecule has 0 unspecified atom stereocenters. The maximum atomic E-state index is 6.06. The van der Waals surface area contributed by atoms with Crippen LogP contribution in [-0.2, 0) is 4.74 Å². The molecule has 0 aromatic carbocycles. The molecule has 0 atom stereocenters. The van der Waals surface area contributed by atoms with Gasteiger partial charge < -0.3 is 15.4 Å². The van der Waals surface area contributed by atoms with Crippen molar-refractivity contribution in [2.75, 3.05) is 26.2 Å². The molecule has 124 valence electrons. The van der Waals surface area contributed by atoms with E-state index >= 15 is 0 Å². The number of hydrogen-bond acceptors (Lipinski definition) is 2. The second-order valence-corrected chi connectivity index (χ2v) is 6.39. The van der Waals surface area contributed by atoms with Gasteiger partial charge in [0.2, 0.25) is 0 Å². The SMILES string of the molecule is CC1CCN(C(N)=NCCOC2CCCCCC2)CC1.I. The van der Waals surface area contributed by atoms with Crippen molar-refractivity contribution in [1.82, 2.24) is 4.90 Å². The number of likely N-dealkylation sites (tertiary alicyclic amines) is 1. The van der Waals surface area contributed by atoms with Gasteiger partial charge >= 0.3 is 0 Å². The monoisotopic (exact) mass is 409 g/mol. The Balaban J connectivity index is 0.00000220. The van der Waals surface area contributed by atoms with E-state index in [2.05, 4.69) is 16.8 Å². The number of ether oxygens (including phenoxy) is 1. The second-order valence-electron chi connectivity index (χ2n) is 6.39. The Hall–Kier alpha value is -0.0400. The van der Waals surface area contributed by atoms with Crippen molar-refractivity contribution in [1.29, 1.82) is 0 Å². The number of guanidine groups is 1. The van der Waals surface area contributed by atoms with Crippen LogP contribution < -0.4 is 5.73 Å². The molecule has 21 heavy (non-hydrogen) atoms. The summed E-state index contributed by atoms with van der Waals surface area (Å²) in [5.41, 5.74) is 6.06. The summed E-state index contributed by atoms with van der Waals surface area (Å²) < 4.78 is 5.94. The van der Waals surface area contributed by atoms with E-state index in [-0.39, 0.29) is 24.0 Å². The maximum absolute atomic E-state index is 6.06. The first-order valence-corrected chi connectivity index (χ1v) is 8.42. The standard InChI is InChI=1S/C16H31N3O.HI/c1-14-8-11-19(12-9-14)16(17)18-10-13-20-15-6-4-2-3-5-7-15;/h14-15H,2-13H2,1H3,(H2,17,18);1H. The average molecular weight is 409 g/mol. The second kappa shape index (κ2) is 10.6. The highest BCUT2D eigenvalue weighted by Crippen LogP contribution is 2.19. The predicted molar refractivity (Wildman–Crippen MR) is 99.3 cm³/mol. The van der Waals surface area contributed by atoms with E-state index in [9.17, 15) is 0 Å². The fraction of sp³-hybridized carbons (Fsp3) is 0.938. The first-order valence-electron chi connectivity index (χ1n) is 8.42. The largest absolute Gasteiger partial charge is 0.376 e. The third-order valence-electron chi connectivity index (χ3n) is 4.63. The molecular formula is C16H32IN3O. The Kier molecular flexibility index (Phi) is 9.64. The zero-order valence-corrected chi connectivity index (χ0v) is 15.8. The molecular weight excluding hydrogens is 377 g/mol. The molecule has 2 rings (SSSR count). The van der Waals surface area contributed by atoms with E-state index in [4.69, 9.17) is 10.5 Å². The third kappa shape index (κ3) is 7.17. The highest BCUT2D eigenvalue weighted by Gasteiger charge is 2.17. The Morgan fingerprint density at radius 2 is 1.71 bits per heavy atom. The summed E-state index contributed by atoms with van der Waals surface area (Å²) in [5.74, 6) is 1.54. The summed E-state index contributed by atoms with van der Waals surface area (Å²) in [4.78, 5) is 6.69. The van der Waals surface area contributed by atoms with Gasteiger partial charge in [0.15, 0.2) is 5.96 Å². The van der Waals surface area contributed by atoms with Crippen LogP contribution in [0, 0.1) is 5.92 Å². The van der Waals surface area contributed by atoms with Gasteiger partial charge in [-0.1, -0.05) is 32.6 Å².